The summed E-state index contributed by atoms with van der Waals surface area (Å²) in [5.41, 5.74) is 2.56. The van der Waals surface area contributed by atoms with Gasteiger partial charge in [0.25, 0.3) is 0 Å². The molecule has 1 fully saturated rings. The van der Waals surface area contributed by atoms with E-state index in [0.29, 0.717) is 10.0 Å². The van der Waals surface area contributed by atoms with Crippen LogP contribution in [0.4, 0.5) is 4.79 Å². The van der Waals surface area contributed by atoms with E-state index in [1.807, 2.05) is 54.6 Å². The molecular weight excluding hydrogens is 425 g/mol. The summed E-state index contributed by atoms with van der Waals surface area (Å²) < 4.78 is 0. The molecule has 1 amide bonds. The summed E-state index contributed by atoms with van der Waals surface area (Å²) in [5.74, 6) is 0. The van der Waals surface area contributed by atoms with Gasteiger partial charge in [-0.25, -0.2) is 14.6 Å². The van der Waals surface area contributed by atoms with Crippen LogP contribution >= 0.6 is 23.2 Å². The van der Waals surface area contributed by atoms with Crippen molar-refractivity contribution >= 4 is 29.3 Å². The van der Waals surface area contributed by atoms with E-state index in [4.69, 9.17) is 33.0 Å². The quantitative estimate of drug-likeness (QED) is 0.367. The lowest BCUT2D eigenvalue weighted by Crippen LogP contribution is -2.56. The highest BCUT2D eigenvalue weighted by molar-refractivity contribution is 6.30. The fraction of sp³-hybridized carbons (Fsp3) is 0.174. The van der Waals surface area contributed by atoms with Crippen molar-refractivity contribution in [1.82, 2.24) is 4.90 Å². The Kier molecular flexibility index (Phi) is 6.25. The van der Waals surface area contributed by atoms with Gasteiger partial charge >= 0.3 is 6.09 Å². The van der Waals surface area contributed by atoms with Gasteiger partial charge in [-0.15, -0.1) is 0 Å². The molecule has 5 nitrogen and oxygen atoms in total. The minimum atomic E-state index is -0.990. The Balaban J connectivity index is 1.55. The first-order valence-electron chi connectivity index (χ1n) is 9.40. The maximum Gasteiger partial charge on any atom is 0.408 e. The van der Waals surface area contributed by atoms with Gasteiger partial charge in [-0.05, 0) is 41.0 Å². The zero-order valence-electron chi connectivity index (χ0n) is 15.8. The van der Waals surface area contributed by atoms with Crippen molar-refractivity contribution in [2.75, 3.05) is 6.54 Å². The second-order valence-electron chi connectivity index (χ2n) is 7.00. The number of hydrogen-bond donors (Lipinski definition) is 1. The fourth-order valence-corrected chi connectivity index (χ4v) is 3.75. The average Bonchev–Trinajstić information content (AvgIpc) is 2.72. The number of likely N-dealkylation sites (tertiary alicyclic amines) is 1. The lowest BCUT2D eigenvalue weighted by atomic mass is 9.92. The van der Waals surface area contributed by atoms with Gasteiger partial charge in [-0.2, -0.15) is 0 Å². The van der Waals surface area contributed by atoms with Gasteiger partial charge < -0.3 is 5.11 Å². The molecule has 1 saturated heterocycles. The van der Waals surface area contributed by atoms with Gasteiger partial charge in [0.2, 0.25) is 0 Å². The van der Waals surface area contributed by atoms with Gasteiger partial charge in [0, 0.05) is 10.0 Å². The maximum absolute atomic E-state index is 11.6. The van der Waals surface area contributed by atoms with Gasteiger partial charge in [-0.3, -0.25) is 4.90 Å². The molecule has 3 aromatic carbocycles. The molecule has 154 valence electrons. The van der Waals surface area contributed by atoms with Crippen LogP contribution in [0.25, 0.3) is 0 Å². The van der Waals surface area contributed by atoms with Crippen LogP contribution in [0.3, 0.4) is 0 Å². The number of hydrogen-bond acceptors (Lipinski definition) is 3. The van der Waals surface area contributed by atoms with Gasteiger partial charge in [-0.1, -0.05) is 77.8 Å². The Morgan fingerprint density at radius 1 is 0.900 bits per heavy atom. The minimum Gasteiger partial charge on any atom is -0.465 e. The van der Waals surface area contributed by atoms with E-state index in [2.05, 4.69) is 0 Å². The highest BCUT2D eigenvalue weighted by Gasteiger charge is 2.45. The van der Waals surface area contributed by atoms with E-state index in [1.165, 1.54) is 4.90 Å². The van der Waals surface area contributed by atoms with Crippen LogP contribution in [-0.2, 0) is 9.78 Å². The minimum absolute atomic E-state index is 0.225. The number of carbonyl (C=O) groups is 1. The normalized spacial score (nSPS) is 18.3. The molecule has 2 atom stereocenters. The van der Waals surface area contributed by atoms with Crippen LogP contribution < -0.4 is 0 Å². The molecule has 0 spiro atoms. The highest BCUT2D eigenvalue weighted by atomic mass is 35.5. The number of carboxylic acid groups (broad SMARTS) is 1. The summed E-state index contributed by atoms with van der Waals surface area (Å²) in [6, 6.07) is 23.6. The average molecular weight is 444 g/mol. The summed E-state index contributed by atoms with van der Waals surface area (Å²) >= 11 is 12.0. The fourth-order valence-electron chi connectivity index (χ4n) is 3.50. The van der Waals surface area contributed by atoms with Gasteiger partial charge in [0.1, 0.15) is 12.2 Å². The molecular formula is C23H19Cl2NO4. The Hall–Kier alpha value is -2.57. The zero-order valence-corrected chi connectivity index (χ0v) is 17.3. The molecule has 0 aromatic heterocycles. The first kappa shape index (κ1) is 20.7. The summed E-state index contributed by atoms with van der Waals surface area (Å²) in [4.78, 5) is 24.6. The van der Waals surface area contributed by atoms with E-state index in [-0.39, 0.29) is 6.54 Å². The van der Waals surface area contributed by atoms with Crippen LogP contribution in [-0.4, -0.2) is 28.7 Å². The number of halogens is 2. The number of nitrogens with zero attached hydrogens (tertiary/aromatic N) is 1. The first-order chi connectivity index (χ1) is 14.5. The third kappa shape index (κ3) is 4.45. The molecule has 0 saturated carbocycles. The number of amides is 1. The molecule has 0 aliphatic carbocycles. The highest BCUT2D eigenvalue weighted by Crippen LogP contribution is 2.38. The Bertz CT molecular complexity index is 950. The Morgan fingerprint density at radius 3 is 1.93 bits per heavy atom. The molecule has 1 aliphatic heterocycles. The lowest BCUT2D eigenvalue weighted by Gasteiger charge is -2.45. The second kappa shape index (κ2) is 9.06. The number of rotatable bonds is 6. The SMILES string of the molecule is O=C(O)N1CC(OOC(c2ccc(Cl)cc2)c2ccc(Cl)cc2)C1c1ccccc1. The molecule has 7 heteroatoms. The van der Waals surface area contributed by atoms with Gasteiger partial charge in [0.15, 0.2) is 0 Å². The predicted molar refractivity (Wildman–Crippen MR) is 115 cm³/mol. The van der Waals surface area contributed by atoms with E-state index in [0.717, 1.165) is 16.7 Å². The molecule has 1 heterocycles. The van der Waals surface area contributed by atoms with Crippen LogP contribution in [0.1, 0.15) is 28.8 Å². The third-order valence-electron chi connectivity index (χ3n) is 5.07. The van der Waals surface area contributed by atoms with Crippen molar-refractivity contribution in [3.05, 3.63) is 106 Å². The third-order valence-corrected chi connectivity index (χ3v) is 5.58. The summed E-state index contributed by atoms with van der Waals surface area (Å²) in [7, 11) is 0. The predicted octanol–water partition coefficient (Wildman–Crippen LogP) is 6.13. The molecule has 4 rings (SSSR count). The molecule has 0 bridgehead atoms. The molecule has 1 aliphatic rings. The monoisotopic (exact) mass is 443 g/mol. The second-order valence-corrected chi connectivity index (χ2v) is 7.88. The van der Waals surface area contributed by atoms with Crippen molar-refractivity contribution in [3.8, 4) is 0 Å². The van der Waals surface area contributed by atoms with Gasteiger partial charge in [0.05, 0.1) is 12.6 Å². The molecule has 30 heavy (non-hydrogen) atoms. The smallest absolute Gasteiger partial charge is 0.408 e. The van der Waals surface area contributed by atoms with Crippen molar-refractivity contribution in [2.24, 2.45) is 0 Å². The number of benzene rings is 3. The van der Waals surface area contributed by atoms with Crippen molar-refractivity contribution in [3.63, 3.8) is 0 Å². The van der Waals surface area contributed by atoms with E-state index < -0.39 is 24.3 Å². The Labute approximate surface area is 184 Å². The van der Waals surface area contributed by atoms with Crippen molar-refractivity contribution in [2.45, 2.75) is 18.2 Å². The van der Waals surface area contributed by atoms with Crippen LogP contribution in [0.15, 0.2) is 78.9 Å². The molecule has 1 N–H and O–H groups in total. The lowest BCUT2D eigenvalue weighted by molar-refractivity contribution is -0.371. The molecule has 3 aromatic rings. The maximum atomic E-state index is 11.6. The van der Waals surface area contributed by atoms with Crippen LogP contribution in [0.2, 0.25) is 10.0 Å². The van der Waals surface area contributed by atoms with E-state index >= 15 is 0 Å². The van der Waals surface area contributed by atoms with E-state index in [1.54, 1.807) is 24.3 Å². The van der Waals surface area contributed by atoms with E-state index in [9.17, 15) is 9.90 Å². The van der Waals surface area contributed by atoms with Crippen molar-refractivity contribution < 1.29 is 19.7 Å². The Morgan fingerprint density at radius 2 is 1.43 bits per heavy atom. The molecule has 2 unspecified atom stereocenters. The summed E-state index contributed by atoms with van der Waals surface area (Å²) in [6.07, 6.45) is -1.93. The first-order valence-corrected chi connectivity index (χ1v) is 10.2. The standard InChI is InChI=1S/C23H19Cl2NO4/c24-18-10-6-16(7-11-18)22(17-8-12-19(25)13-9-17)30-29-20-14-26(23(27)28)21(20)15-4-2-1-3-5-15/h1-13,20-22H,14H2,(H,27,28). The van der Waals surface area contributed by atoms with Crippen LogP contribution in [0.5, 0.6) is 0 Å². The topological polar surface area (TPSA) is 59.0 Å². The zero-order chi connectivity index (χ0) is 21.1. The largest absolute Gasteiger partial charge is 0.465 e. The molecule has 0 radical (unpaired) electrons. The summed E-state index contributed by atoms with van der Waals surface area (Å²) in [6.45, 7) is 0.225. The van der Waals surface area contributed by atoms with Crippen molar-refractivity contribution in [1.29, 1.82) is 0 Å². The van der Waals surface area contributed by atoms with Crippen LogP contribution in [0, 0.1) is 0 Å². The summed E-state index contributed by atoms with van der Waals surface area (Å²) in [5, 5.41) is 10.7.